The average molecular weight is 396 g/mol. The minimum atomic E-state index is -0.959. The number of likely N-dealkylation sites (tertiary alicyclic amines) is 1. The molecule has 160 valence electrons. The topological polar surface area (TPSA) is 98.7 Å². The highest BCUT2D eigenvalue weighted by atomic mass is 16.4. The van der Waals surface area contributed by atoms with Crippen LogP contribution in [-0.2, 0) is 9.59 Å². The van der Waals surface area contributed by atoms with Crippen molar-refractivity contribution in [3.63, 3.8) is 0 Å². The van der Waals surface area contributed by atoms with Gasteiger partial charge < -0.3 is 20.6 Å². The zero-order valence-electron chi connectivity index (χ0n) is 18.5. The average Bonchev–Trinajstić information content (AvgIpc) is 2.94. The van der Waals surface area contributed by atoms with Crippen LogP contribution in [0.3, 0.4) is 0 Å². The van der Waals surface area contributed by atoms with Gasteiger partial charge in [0.1, 0.15) is 12.1 Å². The fraction of sp³-hybridized carbons (Fsp3) is 0.857. The van der Waals surface area contributed by atoms with Gasteiger partial charge in [0.15, 0.2) is 0 Å². The zero-order chi connectivity index (χ0) is 21.7. The van der Waals surface area contributed by atoms with Crippen molar-refractivity contribution >= 4 is 17.9 Å². The molecule has 1 heterocycles. The summed E-state index contributed by atoms with van der Waals surface area (Å²) in [5, 5.41) is 15.5. The van der Waals surface area contributed by atoms with E-state index in [2.05, 4.69) is 24.5 Å². The first-order chi connectivity index (χ1) is 12.7. The number of hydrogen-bond donors (Lipinski definition) is 3. The van der Waals surface area contributed by atoms with Crippen molar-refractivity contribution in [2.75, 3.05) is 6.54 Å². The summed E-state index contributed by atoms with van der Waals surface area (Å²) in [6.45, 7) is 16.2. The van der Waals surface area contributed by atoms with Crippen LogP contribution in [0.2, 0.25) is 0 Å². The third-order valence-electron chi connectivity index (χ3n) is 7.07. The number of carbonyl (C=O) groups excluding carboxylic acids is 2. The number of hydrogen-bond acceptors (Lipinski definition) is 3. The molecule has 0 aromatic carbocycles. The number of nitrogens with zero attached hydrogens (tertiary/aromatic N) is 1. The van der Waals surface area contributed by atoms with Crippen molar-refractivity contribution in [1.29, 1.82) is 0 Å². The summed E-state index contributed by atoms with van der Waals surface area (Å²) in [6.07, 6.45) is 1.39. The van der Waals surface area contributed by atoms with Gasteiger partial charge in [-0.05, 0) is 50.4 Å². The van der Waals surface area contributed by atoms with E-state index in [1.54, 1.807) is 0 Å². The molecule has 7 nitrogen and oxygen atoms in total. The first kappa shape index (κ1) is 22.5. The Morgan fingerprint density at radius 1 is 1.14 bits per heavy atom. The highest BCUT2D eigenvalue weighted by molar-refractivity contribution is 5.92. The van der Waals surface area contributed by atoms with Crippen LogP contribution in [-0.4, -0.2) is 52.1 Å². The van der Waals surface area contributed by atoms with Gasteiger partial charge in [0.05, 0.1) is 0 Å². The monoisotopic (exact) mass is 395 g/mol. The lowest BCUT2D eigenvalue weighted by Crippen LogP contribution is -2.61. The molecule has 0 aromatic rings. The van der Waals surface area contributed by atoms with E-state index in [-0.39, 0.29) is 23.2 Å². The molecule has 3 N–H and O–H groups in total. The summed E-state index contributed by atoms with van der Waals surface area (Å²) < 4.78 is 0. The van der Waals surface area contributed by atoms with Gasteiger partial charge in [-0.25, -0.2) is 9.59 Å². The van der Waals surface area contributed by atoms with Crippen LogP contribution in [0.15, 0.2) is 0 Å². The largest absolute Gasteiger partial charge is 0.480 e. The van der Waals surface area contributed by atoms with Crippen LogP contribution in [0.1, 0.15) is 68.2 Å². The molecule has 0 bridgehead atoms. The quantitative estimate of drug-likeness (QED) is 0.644. The molecule has 4 atom stereocenters. The molecule has 0 radical (unpaired) electrons. The number of aliphatic carboxylic acids is 1. The SMILES string of the molecule is CCC(C)(CC)C(NC(=O)NC(C)(C)C)C(=O)N1CC2C(C1C(=O)O)C2(C)C. The molecular formula is C21H37N3O4. The molecule has 28 heavy (non-hydrogen) atoms. The summed E-state index contributed by atoms with van der Waals surface area (Å²) in [7, 11) is 0. The number of rotatable bonds is 6. The van der Waals surface area contributed by atoms with E-state index < -0.39 is 35.0 Å². The Hall–Kier alpha value is -1.79. The molecule has 1 saturated carbocycles. The summed E-state index contributed by atoms with van der Waals surface area (Å²) in [4.78, 5) is 39.5. The molecule has 0 spiro atoms. The van der Waals surface area contributed by atoms with Gasteiger partial charge in [-0.1, -0.05) is 34.6 Å². The molecule has 2 rings (SSSR count). The smallest absolute Gasteiger partial charge is 0.326 e. The first-order valence-electron chi connectivity index (χ1n) is 10.3. The molecule has 2 aliphatic rings. The van der Waals surface area contributed by atoms with Gasteiger partial charge in [0.2, 0.25) is 5.91 Å². The minimum absolute atomic E-state index is 0.0208. The number of fused-ring (bicyclic) bond motifs is 1. The Labute approximate surface area is 168 Å². The van der Waals surface area contributed by atoms with Gasteiger partial charge in [-0.2, -0.15) is 0 Å². The molecular weight excluding hydrogens is 358 g/mol. The van der Waals surface area contributed by atoms with Gasteiger partial charge in [0.25, 0.3) is 0 Å². The lowest BCUT2D eigenvalue weighted by atomic mass is 9.76. The number of carbonyl (C=O) groups is 3. The van der Waals surface area contributed by atoms with Crippen molar-refractivity contribution in [2.45, 2.75) is 85.9 Å². The molecule has 7 heteroatoms. The lowest BCUT2D eigenvalue weighted by molar-refractivity contribution is -0.152. The Bertz CT molecular complexity index is 649. The van der Waals surface area contributed by atoms with E-state index in [1.165, 1.54) is 4.90 Å². The number of carboxylic acids is 1. The van der Waals surface area contributed by atoms with Gasteiger partial charge in [0, 0.05) is 18.0 Å². The lowest BCUT2D eigenvalue weighted by Gasteiger charge is -2.40. The second kappa shape index (κ2) is 7.23. The molecule has 3 amide bonds. The van der Waals surface area contributed by atoms with E-state index >= 15 is 0 Å². The van der Waals surface area contributed by atoms with Gasteiger partial charge >= 0.3 is 12.0 Å². The fourth-order valence-corrected chi connectivity index (χ4v) is 4.66. The molecule has 1 aliphatic heterocycles. The summed E-state index contributed by atoms with van der Waals surface area (Å²) in [5.74, 6) is -1.06. The van der Waals surface area contributed by atoms with Crippen molar-refractivity contribution in [1.82, 2.24) is 15.5 Å². The maximum Gasteiger partial charge on any atom is 0.326 e. The normalized spacial score (nSPS) is 27.0. The van der Waals surface area contributed by atoms with E-state index in [0.29, 0.717) is 19.4 Å². The van der Waals surface area contributed by atoms with Crippen LogP contribution in [0.5, 0.6) is 0 Å². The van der Waals surface area contributed by atoms with E-state index in [1.807, 2.05) is 41.5 Å². The van der Waals surface area contributed by atoms with Crippen molar-refractivity contribution in [3.05, 3.63) is 0 Å². The third-order valence-corrected chi connectivity index (χ3v) is 7.07. The van der Waals surface area contributed by atoms with Gasteiger partial charge in [-0.3, -0.25) is 4.79 Å². The summed E-state index contributed by atoms with van der Waals surface area (Å²) in [6, 6.07) is -2.00. The Morgan fingerprint density at radius 3 is 2.11 bits per heavy atom. The van der Waals surface area contributed by atoms with Crippen LogP contribution in [0.4, 0.5) is 4.79 Å². The maximum atomic E-state index is 13.5. The second-order valence-corrected chi connectivity index (χ2v) is 10.4. The number of piperidine rings is 1. The van der Waals surface area contributed by atoms with E-state index in [4.69, 9.17) is 0 Å². The second-order valence-electron chi connectivity index (χ2n) is 10.4. The number of carboxylic acid groups (broad SMARTS) is 1. The molecule has 2 fully saturated rings. The zero-order valence-corrected chi connectivity index (χ0v) is 18.5. The minimum Gasteiger partial charge on any atom is -0.480 e. The van der Waals surface area contributed by atoms with E-state index in [0.717, 1.165) is 0 Å². The van der Waals surface area contributed by atoms with E-state index in [9.17, 15) is 19.5 Å². The van der Waals surface area contributed by atoms with Crippen LogP contribution in [0, 0.1) is 22.7 Å². The van der Waals surface area contributed by atoms with Crippen molar-refractivity contribution in [3.8, 4) is 0 Å². The van der Waals surface area contributed by atoms with Crippen LogP contribution < -0.4 is 10.6 Å². The Kier molecular flexibility index (Phi) is 5.81. The van der Waals surface area contributed by atoms with Crippen molar-refractivity contribution in [2.24, 2.45) is 22.7 Å². The molecule has 1 aliphatic carbocycles. The number of urea groups is 1. The predicted octanol–water partition coefficient (Wildman–Crippen LogP) is 2.85. The third kappa shape index (κ3) is 3.98. The summed E-state index contributed by atoms with van der Waals surface area (Å²) in [5.41, 5.74) is -0.946. The first-order valence-corrected chi connectivity index (χ1v) is 10.3. The van der Waals surface area contributed by atoms with Gasteiger partial charge in [-0.15, -0.1) is 0 Å². The highest BCUT2D eigenvalue weighted by Gasteiger charge is 2.70. The van der Waals surface area contributed by atoms with Crippen LogP contribution >= 0.6 is 0 Å². The fourth-order valence-electron chi connectivity index (χ4n) is 4.66. The maximum absolute atomic E-state index is 13.5. The van der Waals surface area contributed by atoms with Crippen LogP contribution in [0.25, 0.3) is 0 Å². The Balaban J connectivity index is 2.29. The number of nitrogens with one attached hydrogen (secondary N) is 2. The molecule has 1 saturated heterocycles. The predicted molar refractivity (Wildman–Crippen MR) is 108 cm³/mol. The molecule has 0 aromatic heterocycles. The molecule has 4 unspecified atom stereocenters. The highest BCUT2D eigenvalue weighted by Crippen LogP contribution is 2.65. The Morgan fingerprint density at radius 2 is 1.68 bits per heavy atom. The van der Waals surface area contributed by atoms with Crippen molar-refractivity contribution < 1.29 is 19.5 Å². The summed E-state index contributed by atoms with van der Waals surface area (Å²) >= 11 is 0. The number of amides is 3. The standard InChI is InChI=1S/C21H37N3O4/c1-9-21(8,10-2)15(22-18(28)23-19(3,4)5)16(25)24-11-12-13(20(12,6)7)14(24)17(26)27/h12-15H,9-11H2,1-8H3,(H,26,27)(H2,22,23,28).